The van der Waals surface area contributed by atoms with Crippen molar-refractivity contribution >= 4 is 15.9 Å². The average Bonchev–Trinajstić information content (AvgIpc) is 2.41. The average molecular weight is 353 g/mol. The van der Waals surface area contributed by atoms with E-state index >= 15 is 0 Å². The van der Waals surface area contributed by atoms with E-state index in [4.69, 9.17) is 4.74 Å². The van der Waals surface area contributed by atoms with Gasteiger partial charge >= 0.3 is 0 Å². The number of ether oxygens (including phenoxy) is 1. The molecule has 2 aromatic rings. The van der Waals surface area contributed by atoms with Crippen molar-refractivity contribution in [2.75, 3.05) is 6.54 Å². The Balaban J connectivity index is 2.14. The van der Waals surface area contributed by atoms with Gasteiger partial charge in [0.2, 0.25) is 0 Å². The first-order valence-corrected chi connectivity index (χ1v) is 7.61. The highest BCUT2D eigenvalue weighted by atomic mass is 79.9. The molecule has 1 N–H and O–H groups in total. The number of aromatic nitrogens is 1. The SMILES string of the molecule is CC(C)CNCc1cc(F)ccc1Oc1cncc(Br)c1. The lowest BCUT2D eigenvalue weighted by Crippen LogP contribution is -2.19. The molecule has 0 aliphatic rings. The van der Waals surface area contributed by atoms with E-state index < -0.39 is 0 Å². The fourth-order valence-corrected chi connectivity index (χ4v) is 2.20. The lowest BCUT2D eigenvalue weighted by atomic mass is 10.1. The van der Waals surface area contributed by atoms with Crippen LogP contribution >= 0.6 is 15.9 Å². The third-order valence-corrected chi connectivity index (χ3v) is 3.23. The third kappa shape index (κ3) is 5.10. The molecule has 0 radical (unpaired) electrons. The van der Waals surface area contributed by atoms with Crippen LogP contribution in [0, 0.1) is 11.7 Å². The van der Waals surface area contributed by atoms with Crippen LogP contribution in [0.2, 0.25) is 0 Å². The first-order chi connectivity index (χ1) is 10.0. The number of hydrogen-bond acceptors (Lipinski definition) is 3. The third-order valence-electron chi connectivity index (χ3n) is 2.80. The lowest BCUT2D eigenvalue weighted by Gasteiger charge is -2.13. The molecule has 1 heterocycles. The molecule has 21 heavy (non-hydrogen) atoms. The van der Waals surface area contributed by atoms with E-state index in [-0.39, 0.29) is 5.82 Å². The maximum Gasteiger partial charge on any atom is 0.146 e. The maximum atomic E-state index is 13.4. The number of hydrogen-bond donors (Lipinski definition) is 1. The molecule has 112 valence electrons. The quantitative estimate of drug-likeness (QED) is 0.829. The Kier molecular flexibility index (Phi) is 5.70. The molecule has 0 atom stereocenters. The summed E-state index contributed by atoms with van der Waals surface area (Å²) in [6, 6.07) is 6.35. The van der Waals surface area contributed by atoms with Crippen molar-refractivity contribution in [3.63, 3.8) is 0 Å². The van der Waals surface area contributed by atoms with E-state index in [9.17, 15) is 4.39 Å². The monoisotopic (exact) mass is 352 g/mol. The lowest BCUT2D eigenvalue weighted by molar-refractivity contribution is 0.464. The number of pyridine rings is 1. The van der Waals surface area contributed by atoms with Crippen molar-refractivity contribution in [2.24, 2.45) is 5.92 Å². The molecular weight excluding hydrogens is 335 g/mol. The normalized spacial score (nSPS) is 10.9. The van der Waals surface area contributed by atoms with Crippen LogP contribution in [-0.4, -0.2) is 11.5 Å². The van der Waals surface area contributed by atoms with E-state index in [1.165, 1.54) is 12.1 Å². The van der Waals surface area contributed by atoms with Crippen molar-refractivity contribution in [1.29, 1.82) is 0 Å². The topological polar surface area (TPSA) is 34.1 Å². The van der Waals surface area contributed by atoms with E-state index in [2.05, 4.69) is 40.1 Å². The first-order valence-electron chi connectivity index (χ1n) is 6.82. The second kappa shape index (κ2) is 7.52. The second-order valence-corrected chi connectivity index (χ2v) is 6.13. The number of nitrogens with zero attached hydrogens (tertiary/aromatic N) is 1. The van der Waals surface area contributed by atoms with Crippen LogP contribution in [0.3, 0.4) is 0 Å². The zero-order chi connectivity index (χ0) is 15.2. The van der Waals surface area contributed by atoms with Crippen LogP contribution in [0.4, 0.5) is 4.39 Å². The van der Waals surface area contributed by atoms with Gasteiger partial charge in [0.05, 0.1) is 6.20 Å². The Morgan fingerprint density at radius 2 is 2.10 bits per heavy atom. The Morgan fingerprint density at radius 3 is 2.81 bits per heavy atom. The number of rotatable bonds is 6. The second-order valence-electron chi connectivity index (χ2n) is 5.22. The van der Waals surface area contributed by atoms with Crippen LogP contribution in [0.1, 0.15) is 19.4 Å². The molecule has 0 aliphatic carbocycles. The molecule has 0 unspecified atom stereocenters. The molecule has 0 bridgehead atoms. The standard InChI is InChI=1S/C16H18BrFN2O/c1-11(2)7-19-8-12-5-14(18)3-4-16(12)21-15-6-13(17)9-20-10-15/h3-6,9-11,19H,7-8H2,1-2H3. The summed E-state index contributed by atoms with van der Waals surface area (Å²) < 4.78 is 20.1. The zero-order valence-electron chi connectivity index (χ0n) is 12.1. The van der Waals surface area contributed by atoms with Crippen LogP contribution in [0.25, 0.3) is 0 Å². The highest BCUT2D eigenvalue weighted by molar-refractivity contribution is 9.10. The number of halogens is 2. The van der Waals surface area contributed by atoms with Gasteiger partial charge in [-0.1, -0.05) is 13.8 Å². The first kappa shape index (κ1) is 15.9. The summed E-state index contributed by atoms with van der Waals surface area (Å²) in [5.41, 5.74) is 0.788. The molecule has 3 nitrogen and oxygen atoms in total. The molecule has 5 heteroatoms. The molecule has 0 fully saturated rings. The molecule has 0 spiro atoms. The van der Waals surface area contributed by atoms with Crippen molar-refractivity contribution in [2.45, 2.75) is 20.4 Å². The van der Waals surface area contributed by atoms with Gasteiger partial charge in [0.15, 0.2) is 0 Å². The van der Waals surface area contributed by atoms with Gasteiger partial charge in [0.1, 0.15) is 17.3 Å². The van der Waals surface area contributed by atoms with Crippen LogP contribution in [-0.2, 0) is 6.54 Å². The summed E-state index contributed by atoms with van der Waals surface area (Å²) in [7, 11) is 0. The highest BCUT2D eigenvalue weighted by Gasteiger charge is 2.08. The fraction of sp³-hybridized carbons (Fsp3) is 0.312. The van der Waals surface area contributed by atoms with Gasteiger partial charge in [0, 0.05) is 22.8 Å². The number of benzene rings is 1. The zero-order valence-corrected chi connectivity index (χ0v) is 13.7. The molecule has 1 aromatic heterocycles. The van der Waals surface area contributed by atoms with E-state index in [0.29, 0.717) is 24.0 Å². The van der Waals surface area contributed by atoms with Crippen molar-refractivity contribution in [3.05, 3.63) is 52.5 Å². The summed E-state index contributed by atoms with van der Waals surface area (Å²) in [6.45, 7) is 5.69. The van der Waals surface area contributed by atoms with Crippen molar-refractivity contribution < 1.29 is 9.13 Å². The Hall–Kier alpha value is -1.46. The molecule has 0 aliphatic heterocycles. The largest absolute Gasteiger partial charge is 0.455 e. The van der Waals surface area contributed by atoms with E-state index in [1.54, 1.807) is 18.5 Å². The minimum atomic E-state index is -0.268. The van der Waals surface area contributed by atoms with Crippen LogP contribution in [0.5, 0.6) is 11.5 Å². The van der Waals surface area contributed by atoms with Crippen LogP contribution < -0.4 is 10.1 Å². The molecular formula is C16H18BrFN2O. The smallest absolute Gasteiger partial charge is 0.146 e. The molecule has 2 rings (SSSR count). The minimum absolute atomic E-state index is 0.268. The minimum Gasteiger partial charge on any atom is -0.455 e. The van der Waals surface area contributed by atoms with E-state index in [0.717, 1.165) is 16.6 Å². The Bertz CT molecular complexity index is 605. The summed E-state index contributed by atoms with van der Waals surface area (Å²) in [5, 5.41) is 3.29. The van der Waals surface area contributed by atoms with Crippen molar-refractivity contribution in [3.8, 4) is 11.5 Å². The fourth-order valence-electron chi connectivity index (χ4n) is 1.86. The van der Waals surface area contributed by atoms with Gasteiger partial charge in [-0.2, -0.15) is 0 Å². The van der Waals surface area contributed by atoms with Crippen LogP contribution in [0.15, 0.2) is 41.1 Å². The summed E-state index contributed by atoms with van der Waals surface area (Å²) >= 11 is 3.35. The van der Waals surface area contributed by atoms with Gasteiger partial charge in [-0.15, -0.1) is 0 Å². The van der Waals surface area contributed by atoms with Gasteiger partial charge in [-0.05, 0) is 52.7 Å². The molecule has 1 aromatic carbocycles. The van der Waals surface area contributed by atoms with E-state index in [1.807, 2.05) is 6.07 Å². The summed E-state index contributed by atoms with van der Waals surface area (Å²) in [5.74, 6) is 1.52. The van der Waals surface area contributed by atoms with Gasteiger partial charge in [-0.25, -0.2) is 4.39 Å². The maximum absolute atomic E-state index is 13.4. The van der Waals surface area contributed by atoms with Gasteiger partial charge in [-0.3, -0.25) is 4.98 Å². The predicted octanol–water partition coefficient (Wildman–Crippen LogP) is 4.52. The summed E-state index contributed by atoms with van der Waals surface area (Å²) in [6.07, 6.45) is 3.31. The van der Waals surface area contributed by atoms with Gasteiger partial charge in [0.25, 0.3) is 0 Å². The van der Waals surface area contributed by atoms with Crippen molar-refractivity contribution in [1.82, 2.24) is 10.3 Å². The molecule has 0 saturated carbocycles. The highest BCUT2D eigenvalue weighted by Crippen LogP contribution is 2.27. The Morgan fingerprint density at radius 1 is 1.29 bits per heavy atom. The van der Waals surface area contributed by atoms with Gasteiger partial charge < -0.3 is 10.1 Å². The Labute approximate surface area is 132 Å². The summed E-state index contributed by atoms with van der Waals surface area (Å²) in [4.78, 5) is 4.05. The number of nitrogens with one attached hydrogen (secondary N) is 1. The predicted molar refractivity (Wildman–Crippen MR) is 85.0 cm³/mol. The molecule has 0 saturated heterocycles. The molecule has 0 amide bonds.